The Morgan fingerprint density at radius 2 is 1.75 bits per heavy atom. The molecule has 0 radical (unpaired) electrons. The molecule has 1 saturated carbocycles. The van der Waals surface area contributed by atoms with Gasteiger partial charge in [-0.15, -0.1) is 0 Å². The van der Waals surface area contributed by atoms with Crippen LogP contribution in [-0.2, 0) is 0 Å². The highest BCUT2D eigenvalue weighted by molar-refractivity contribution is 5.29. The second-order valence-electron chi connectivity index (χ2n) is 6.05. The van der Waals surface area contributed by atoms with Gasteiger partial charge in [-0.25, -0.2) is 0 Å². The third-order valence-electron chi connectivity index (χ3n) is 4.85. The highest BCUT2D eigenvalue weighted by Gasteiger charge is 2.31. The number of ether oxygens (including phenoxy) is 1. The smallest absolute Gasteiger partial charge is 0.118 e. The lowest BCUT2D eigenvalue weighted by Gasteiger charge is -2.38. The minimum absolute atomic E-state index is 0.602. The molecule has 0 spiro atoms. The van der Waals surface area contributed by atoms with Crippen LogP contribution in [0.25, 0.3) is 0 Å². The summed E-state index contributed by atoms with van der Waals surface area (Å²) in [4.78, 5) is 2.69. The highest BCUT2D eigenvalue weighted by Crippen LogP contribution is 2.39. The maximum atomic E-state index is 5.30. The van der Waals surface area contributed by atoms with Crippen molar-refractivity contribution < 1.29 is 4.74 Å². The fraction of sp³-hybridized carbons (Fsp3) is 0.647. The second-order valence-corrected chi connectivity index (χ2v) is 6.05. The van der Waals surface area contributed by atoms with Gasteiger partial charge in [0.25, 0.3) is 0 Å². The average Bonchev–Trinajstić information content (AvgIpc) is 3.03. The summed E-state index contributed by atoms with van der Waals surface area (Å²) in [5.41, 5.74) is 1.47. The van der Waals surface area contributed by atoms with E-state index in [9.17, 15) is 0 Å². The van der Waals surface area contributed by atoms with E-state index in [1.54, 1.807) is 7.11 Å². The standard InChI is InChI=1S/C17H26N2O/c1-20-16-8-6-15(7-9-16)17(14-4-2-3-5-14)19-12-10-18-11-13-19/h6-9,14,17-18H,2-5,10-13H2,1H3/t17-/m0/s1. The molecule has 1 aromatic carbocycles. The molecule has 1 heterocycles. The fourth-order valence-corrected chi connectivity index (χ4v) is 3.82. The lowest BCUT2D eigenvalue weighted by atomic mass is 9.89. The predicted octanol–water partition coefficient (Wildman–Crippen LogP) is 2.83. The number of hydrogen-bond acceptors (Lipinski definition) is 3. The van der Waals surface area contributed by atoms with Crippen LogP contribution in [0.1, 0.15) is 37.3 Å². The van der Waals surface area contributed by atoms with Gasteiger partial charge in [0.05, 0.1) is 7.11 Å². The van der Waals surface area contributed by atoms with Gasteiger partial charge in [0.15, 0.2) is 0 Å². The van der Waals surface area contributed by atoms with Gasteiger partial charge in [0.1, 0.15) is 5.75 Å². The lowest BCUT2D eigenvalue weighted by molar-refractivity contribution is 0.125. The van der Waals surface area contributed by atoms with Crippen LogP contribution in [0.2, 0.25) is 0 Å². The zero-order valence-corrected chi connectivity index (χ0v) is 12.5. The van der Waals surface area contributed by atoms with Crippen LogP contribution < -0.4 is 10.1 Å². The second kappa shape index (κ2) is 6.59. The number of nitrogens with one attached hydrogen (secondary N) is 1. The fourth-order valence-electron chi connectivity index (χ4n) is 3.82. The van der Waals surface area contributed by atoms with Crippen LogP contribution in [0, 0.1) is 5.92 Å². The lowest BCUT2D eigenvalue weighted by Crippen LogP contribution is -2.46. The molecule has 3 heteroatoms. The van der Waals surface area contributed by atoms with Crippen LogP contribution in [0.3, 0.4) is 0 Å². The van der Waals surface area contributed by atoms with E-state index in [1.807, 2.05) is 0 Å². The van der Waals surface area contributed by atoms with Gasteiger partial charge in [0, 0.05) is 32.2 Å². The third-order valence-corrected chi connectivity index (χ3v) is 4.85. The van der Waals surface area contributed by atoms with Crippen molar-refractivity contribution in [3.63, 3.8) is 0 Å². The number of piperazine rings is 1. The van der Waals surface area contributed by atoms with Crippen molar-refractivity contribution in [2.75, 3.05) is 33.3 Å². The van der Waals surface area contributed by atoms with Gasteiger partial charge in [0.2, 0.25) is 0 Å². The Labute approximate surface area is 122 Å². The molecule has 0 aromatic heterocycles. The molecule has 1 aliphatic heterocycles. The number of nitrogens with zero attached hydrogens (tertiary/aromatic N) is 1. The van der Waals surface area contributed by atoms with Crippen molar-refractivity contribution in [2.24, 2.45) is 5.92 Å². The first-order valence-corrected chi connectivity index (χ1v) is 7.97. The largest absolute Gasteiger partial charge is 0.497 e. The van der Waals surface area contributed by atoms with Gasteiger partial charge in [-0.05, 0) is 36.5 Å². The molecule has 1 aliphatic carbocycles. The van der Waals surface area contributed by atoms with Gasteiger partial charge >= 0.3 is 0 Å². The van der Waals surface area contributed by atoms with Crippen molar-refractivity contribution in [3.05, 3.63) is 29.8 Å². The minimum atomic E-state index is 0.602. The predicted molar refractivity (Wildman–Crippen MR) is 82.1 cm³/mol. The molecule has 1 saturated heterocycles. The Bertz CT molecular complexity index is 406. The maximum Gasteiger partial charge on any atom is 0.118 e. The molecule has 0 bridgehead atoms. The molecule has 3 nitrogen and oxygen atoms in total. The van der Waals surface area contributed by atoms with Crippen molar-refractivity contribution in [1.29, 1.82) is 0 Å². The molecule has 1 N–H and O–H groups in total. The molecule has 2 fully saturated rings. The van der Waals surface area contributed by atoms with E-state index in [1.165, 1.54) is 44.3 Å². The van der Waals surface area contributed by atoms with E-state index in [0.29, 0.717) is 6.04 Å². The van der Waals surface area contributed by atoms with Crippen molar-refractivity contribution in [3.8, 4) is 5.75 Å². The molecule has 20 heavy (non-hydrogen) atoms. The molecule has 3 rings (SSSR count). The Morgan fingerprint density at radius 3 is 2.35 bits per heavy atom. The van der Waals surface area contributed by atoms with E-state index in [2.05, 4.69) is 34.5 Å². The molecule has 0 unspecified atom stereocenters. The number of hydrogen-bond donors (Lipinski definition) is 1. The maximum absolute atomic E-state index is 5.30. The van der Waals surface area contributed by atoms with Crippen LogP contribution in [0.15, 0.2) is 24.3 Å². The minimum Gasteiger partial charge on any atom is -0.497 e. The summed E-state index contributed by atoms with van der Waals surface area (Å²) in [5.74, 6) is 1.79. The number of benzene rings is 1. The Balaban J connectivity index is 1.82. The molecular formula is C17H26N2O. The van der Waals surface area contributed by atoms with Crippen LogP contribution in [-0.4, -0.2) is 38.2 Å². The number of methoxy groups -OCH3 is 1. The van der Waals surface area contributed by atoms with Gasteiger partial charge in [-0.2, -0.15) is 0 Å². The van der Waals surface area contributed by atoms with Crippen LogP contribution >= 0.6 is 0 Å². The molecular weight excluding hydrogens is 248 g/mol. The van der Waals surface area contributed by atoms with Gasteiger partial charge in [-0.3, -0.25) is 4.90 Å². The Hall–Kier alpha value is -1.06. The summed E-state index contributed by atoms with van der Waals surface area (Å²) in [5, 5.41) is 3.47. The van der Waals surface area contributed by atoms with Gasteiger partial charge < -0.3 is 10.1 Å². The molecule has 1 atom stereocenters. The quantitative estimate of drug-likeness (QED) is 0.913. The first kappa shape index (κ1) is 13.9. The topological polar surface area (TPSA) is 24.5 Å². The monoisotopic (exact) mass is 274 g/mol. The summed E-state index contributed by atoms with van der Waals surface area (Å²) >= 11 is 0. The zero-order chi connectivity index (χ0) is 13.8. The van der Waals surface area contributed by atoms with E-state index < -0.39 is 0 Å². The van der Waals surface area contributed by atoms with Crippen molar-refractivity contribution in [2.45, 2.75) is 31.7 Å². The third kappa shape index (κ3) is 2.99. The normalized spacial score (nSPS) is 22.9. The summed E-state index contributed by atoms with van der Waals surface area (Å²) in [6, 6.07) is 9.36. The molecule has 0 amide bonds. The first-order valence-electron chi connectivity index (χ1n) is 7.97. The summed E-state index contributed by atoms with van der Waals surface area (Å²) in [6.07, 6.45) is 5.59. The zero-order valence-electron chi connectivity index (χ0n) is 12.5. The number of rotatable bonds is 4. The molecule has 2 aliphatic rings. The van der Waals surface area contributed by atoms with E-state index in [4.69, 9.17) is 4.74 Å². The average molecular weight is 274 g/mol. The summed E-state index contributed by atoms with van der Waals surface area (Å²) < 4.78 is 5.30. The SMILES string of the molecule is COc1ccc([C@H](C2CCCC2)N2CCNCC2)cc1. The van der Waals surface area contributed by atoms with E-state index in [-0.39, 0.29) is 0 Å². The van der Waals surface area contributed by atoms with Crippen LogP contribution in [0.5, 0.6) is 5.75 Å². The summed E-state index contributed by atoms with van der Waals surface area (Å²) in [6.45, 7) is 4.60. The summed E-state index contributed by atoms with van der Waals surface area (Å²) in [7, 11) is 1.74. The van der Waals surface area contributed by atoms with E-state index in [0.717, 1.165) is 24.8 Å². The molecule has 110 valence electrons. The van der Waals surface area contributed by atoms with Crippen molar-refractivity contribution in [1.82, 2.24) is 10.2 Å². The van der Waals surface area contributed by atoms with Crippen LogP contribution in [0.4, 0.5) is 0 Å². The Morgan fingerprint density at radius 1 is 1.10 bits per heavy atom. The van der Waals surface area contributed by atoms with Crippen molar-refractivity contribution >= 4 is 0 Å². The first-order chi connectivity index (χ1) is 9.88. The van der Waals surface area contributed by atoms with E-state index >= 15 is 0 Å². The Kier molecular flexibility index (Phi) is 4.58. The highest BCUT2D eigenvalue weighted by atomic mass is 16.5. The molecule has 1 aromatic rings. The van der Waals surface area contributed by atoms with Gasteiger partial charge in [-0.1, -0.05) is 25.0 Å².